The van der Waals surface area contributed by atoms with Crippen LogP contribution < -0.4 is 5.32 Å². The molecule has 0 radical (unpaired) electrons. The highest BCUT2D eigenvalue weighted by molar-refractivity contribution is 4.79. The fourth-order valence-corrected chi connectivity index (χ4v) is 2.76. The third kappa shape index (κ3) is 5.36. The van der Waals surface area contributed by atoms with Gasteiger partial charge in [-0.05, 0) is 38.8 Å². The predicted molar refractivity (Wildman–Crippen MR) is 73.3 cm³/mol. The van der Waals surface area contributed by atoms with Gasteiger partial charge in [-0.2, -0.15) is 0 Å². The van der Waals surface area contributed by atoms with Crippen molar-refractivity contribution in [3.8, 4) is 0 Å². The Bertz CT molecular complexity index is 187. The molecule has 3 heteroatoms. The summed E-state index contributed by atoms with van der Waals surface area (Å²) in [5.41, 5.74) is 0. The first kappa shape index (κ1) is 14.9. The minimum Gasteiger partial charge on any atom is -0.395 e. The Balaban J connectivity index is 2.43. The highest BCUT2D eigenvalue weighted by atomic mass is 16.3. The first-order chi connectivity index (χ1) is 8.31. The minimum absolute atomic E-state index is 0.252. The summed E-state index contributed by atoms with van der Waals surface area (Å²) >= 11 is 0. The average Bonchev–Trinajstić information content (AvgIpc) is 2.59. The number of rotatable bonds is 7. The van der Waals surface area contributed by atoms with E-state index in [1.807, 2.05) is 0 Å². The fraction of sp³-hybridized carbons (Fsp3) is 1.00. The summed E-state index contributed by atoms with van der Waals surface area (Å²) in [6.45, 7) is 7.94. The molecule has 1 saturated heterocycles. The molecule has 0 amide bonds. The number of hydrogen-bond donors (Lipinski definition) is 2. The third-order valence-electron chi connectivity index (χ3n) is 3.83. The van der Waals surface area contributed by atoms with Gasteiger partial charge in [0, 0.05) is 18.6 Å². The molecule has 0 spiro atoms. The molecule has 2 atom stereocenters. The summed E-state index contributed by atoms with van der Waals surface area (Å²) in [6.07, 6.45) is 7.78. The maximum absolute atomic E-state index is 9.42. The molecular formula is C14H30N2O. The second-order valence-electron chi connectivity index (χ2n) is 5.24. The van der Waals surface area contributed by atoms with Crippen LogP contribution in [0.25, 0.3) is 0 Å². The Morgan fingerprint density at radius 1 is 1.29 bits per heavy atom. The molecule has 17 heavy (non-hydrogen) atoms. The third-order valence-corrected chi connectivity index (χ3v) is 3.83. The number of aliphatic hydroxyl groups is 1. The summed E-state index contributed by atoms with van der Waals surface area (Å²) < 4.78 is 0. The molecule has 0 saturated carbocycles. The lowest BCUT2D eigenvalue weighted by atomic mass is 10.1. The maximum atomic E-state index is 9.42. The van der Waals surface area contributed by atoms with Gasteiger partial charge in [0.2, 0.25) is 0 Å². The van der Waals surface area contributed by atoms with Crippen molar-refractivity contribution in [3.63, 3.8) is 0 Å². The summed E-state index contributed by atoms with van der Waals surface area (Å²) in [4.78, 5) is 2.59. The van der Waals surface area contributed by atoms with Crippen molar-refractivity contribution in [2.24, 2.45) is 0 Å². The van der Waals surface area contributed by atoms with E-state index in [0.717, 1.165) is 25.6 Å². The lowest BCUT2D eigenvalue weighted by Gasteiger charge is -2.32. The minimum atomic E-state index is 0.252. The van der Waals surface area contributed by atoms with Crippen LogP contribution in [0.15, 0.2) is 0 Å². The van der Waals surface area contributed by atoms with Gasteiger partial charge >= 0.3 is 0 Å². The van der Waals surface area contributed by atoms with E-state index in [-0.39, 0.29) is 12.6 Å². The molecule has 1 fully saturated rings. The highest BCUT2D eigenvalue weighted by Crippen LogP contribution is 2.19. The van der Waals surface area contributed by atoms with Gasteiger partial charge < -0.3 is 10.4 Å². The number of hydrogen-bond acceptors (Lipinski definition) is 3. The maximum Gasteiger partial charge on any atom is 0.0597 e. The normalized spacial score (nSPS) is 24.5. The van der Waals surface area contributed by atoms with E-state index in [1.54, 1.807) is 0 Å². The van der Waals surface area contributed by atoms with Crippen molar-refractivity contribution in [1.29, 1.82) is 0 Å². The SMILES string of the molecule is CCCNC(CO)CN1CCCCCC1CC. The molecule has 2 unspecified atom stereocenters. The largest absolute Gasteiger partial charge is 0.395 e. The zero-order valence-electron chi connectivity index (χ0n) is 11.6. The first-order valence-electron chi connectivity index (χ1n) is 7.40. The van der Waals surface area contributed by atoms with Crippen molar-refractivity contribution in [2.45, 2.75) is 64.5 Å². The summed E-state index contributed by atoms with van der Waals surface area (Å²) in [5.74, 6) is 0. The van der Waals surface area contributed by atoms with Crippen LogP contribution in [0.1, 0.15) is 52.4 Å². The van der Waals surface area contributed by atoms with Gasteiger partial charge in [-0.15, -0.1) is 0 Å². The average molecular weight is 242 g/mol. The van der Waals surface area contributed by atoms with E-state index in [2.05, 4.69) is 24.1 Å². The summed E-state index contributed by atoms with van der Waals surface area (Å²) in [6, 6.07) is 0.983. The summed E-state index contributed by atoms with van der Waals surface area (Å²) in [7, 11) is 0. The topological polar surface area (TPSA) is 35.5 Å². The molecule has 0 aromatic heterocycles. The van der Waals surface area contributed by atoms with Crippen molar-refractivity contribution < 1.29 is 5.11 Å². The molecule has 1 rings (SSSR count). The van der Waals surface area contributed by atoms with Gasteiger partial charge in [0.05, 0.1) is 6.61 Å². The Kier molecular flexibility index (Phi) is 7.82. The monoisotopic (exact) mass is 242 g/mol. The molecule has 0 bridgehead atoms. The molecule has 0 aromatic carbocycles. The number of nitrogens with one attached hydrogen (secondary N) is 1. The smallest absolute Gasteiger partial charge is 0.0597 e. The quantitative estimate of drug-likeness (QED) is 0.717. The van der Waals surface area contributed by atoms with Gasteiger partial charge in [0.1, 0.15) is 0 Å². The Morgan fingerprint density at radius 3 is 2.76 bits per heavy atom. The molecule has 102 valence electrons. The van der Waals surface area contributed by atoms with E-state index in [9.17, 15) is 5.11 Å². The van der Waals surface area contributed by atoms with Crippen LogP contribution in [-0.2, 0) is 0 Å². The van der Waals surface area contributed by atoms with Gasteiger partial charge in [0.25, 0.3) is 0 Å². The van der Waals surface area contributed by atoms with Gasteiger partial charge in [-0.25, -0.2) is 0 Å². The van der Waals surface area contributed by atoms with Gasteiger partial charge in [0.15, 0.2) is 0 Å². The van der Waals surface area contributed by atoms with Crippen LogP contribution in [0.5, 0.6) is 0 Å². The molecule has 1 aliphatic rings. The van der Waals surface area contributed by atoms with E-state index < -0.39 is 0 Å². The van der Waals surface area contributed by atoms with Gasteiger partial charge in [-0.1, -0.05) is 26.7 Å². The zero-order chi connectivity index (χ0) is 12.5. The number of aliphatic hydroxyl groups excluding tert-OH is 1. The van der Waals surface area contributed by atoms with Crippen molar-refractivity contribution in [2.75, 3.05) is 26.2 Å². The van der Waals surface area contributed by atoms with Crippen LogP contribution >= 0.6 is 0 Å². The van der Waals surface area contributed by atoms with Crippen LogP contribution in [-0.4, -0.2) is 48.3 Å². The van der Waals surface area contributed by atoms with E-state index >= 15 is 0 Å². The zero-order valence-corrected chi connectivity index (χ0v) is 11.6. The van der Waals surface area contributed by atoms with E-state index in [1.165, 1.54) is 38.6 Å². The van der Waals surface area contributed by atoms with Crippen LogP contribution in [0.3, 0.4) is 0 Å². The van der Waals surface area contributed by atoms with Crippen LogP contribution in [0.4, 0.5) is 0 Å². The van der Waals surface area contributed by atoms with Crippen molar-refractivity contribution in [1.82, 2.24) is 10.2 Å². The Morgan fingerprint density at radius 2 is 2.12 bits per heavy atom. The number of nitrogens with zero attached hydrogens (tertiary/aromatic N) is 1. The predicted octanol–water partition coefficient (Wildman–Crippen LogP) is 2.00. The van der Waals surface area contributed by atoms with Crippen LogP contribution in [0, 0.1) is 0 Å². The van der Waals surface area contributed by atoms with Gasteiger partial charge in [-0.3, -0.25) is 4.90 Å². The summed E-state index contributed by atoms with van der Waals surface area (Å²) in [5, 5.41) is 12.9. The standard InChI is InChI=1S/C14H30N2O/c1-3-9-15-13(12-17)11-16-10-7-5-6-8-14(16)4-2/h13-15,17H,3-12H2,1-2H3. The van der Waals surface area contributed by atoms with Crippen molar-refractivity contribution >= 4 is 0 Å². The molecule has 1 heterocycles. The lowest BCUT2D eigenvalue weighted by molar-refractivity contribution is 0.143. The molecule has 2 N–H and O–H groups in total. The molecular weight excluding hydrogens is 212 g/mol. The fourth-order valence-electron chi connectivity index (χ4n) is 2.76. The second kappa shape index (κ2) is 8.90. The Hall–Kier alpha value is -0.120. The highest BCUT2D eigenvalue weighted by Gasteiger charge is 2.21. The molecule has 0 aliphatic carbocycles. The second-order valence-corrected chi connectivity index (χ2v) is 5.24. The first-order valence-corrected chi connectivity index (χ1v) is 7.40. The molecule has 3 nitrogen and oxygen atoms in total. The van der Waals surface area contributed by atoms with E-state index in [4.69, 9.17) is 0 Å². The van der Waals surface area contributed by atoms with Crippen molar-refractivity contribution in [3.05, 3.63) is 0 Å². The Labute approximate surface area is 107 Å². The molecule has 1 aliphatic heterocycles. The van der Waals surface area contributed by atoms with Crippen LogP contribution in [0.2, 0.25) is 0 Å². The van der Waals surface area contributed by atoms with E-state index in [0.29, 0.717) is 0 Å². The molecule has 0 aromatic rings. The lowest BCUT2D eigenvalue weighted by Crippen LogP contribution is -2.47. The number of likely N-dealkylation sites (tertiary alicyclic amines) is 1.